The number of methoxy groups -OCH3 is 2. The largest absolute Gasteiger partial charge is 1.00 e. The molecule has 0 atom stereocenters. The minimum absolute atomic E-state index is 0. The van der Waals surface area contributed by atoms with Crippen LogP contribution in [0.2, 0.25) is 0 Å². The Labute approximate surface area is 412 Å². The Morgan fingerprint density at radius 2 is 1.02 bits per heavy atom. The van der Waals surface area contributed by atoms with E-state index < -0.39 is 26.8 Å². The first-order valence-corrected chi connectivity index (χ1v) is 19.9. The SMILES string of the molecule is COCCNc1nc(Nc2c[c-]c(/C=C/c3ccc(Nc4nc(NCCOC)nc(Nc5ccc(C(N)=O)cc5)n4)cc3S(=O)(=O)[O-])cc2)nc(Nc2ccc(C(N)=O)cc2)n1.[Na+].[Na+]. The van der Waals surface area contributed by atoms with Crippen LogP contribution in [-0.2, 0) is 19.6 Å². The number of primary amides is 2. The molecule has 64 heavy (non-hydrogen) atoms. The second-order valence-corrected chi connectivity index (χ2v) is 14.3. The molecule has 0 aliphatic heterocycles. The van der Waals surface area contributed by atoms with E-state index in [4.69, 9.17) is 20.9 Å². The number of nitrogens with two attached hydrogens (primary N) is 2. The van der Waals surface area contributed by atoms with Crippen molar-refractivity contribution in [2.24, 2.45) is 11.5 Å². The van der Waals surface area contributed by atoms with E-state index in [-0.39, 0.29) is 106 Å². The molecule has 4 aromatic carbocycles. The van der Waals surface area contributed by atoms with Crippen molar-refractivity contribution in [3.63, 3.8) is 0 Å². The Balaban J connectivity index is 0.00000449. The number of rotatable bonds is 21. The number of carbonyl (C=O) groups excluding carboxylic acids is 2. The molecular formula is C40H40N14Na2O7S. The van der Waals surface area contributed by atoms with E-state index in [0.29, 0.717) is 60.1 Å². The van der Waals surface area contributed by atoms with Crippen molar-refractivity contribution < 1.29 is 91.1 Å². The van der Waals surface area contributed by atoms with Crippen molar-refractivity contribution in [1.82, 2.24) is 29.9 Å². The third-order valence-corrected chi connectivity index (χ3v) is 9.27. The maximum atomic E-state index is 12.5. The minimum atomic E-state index is -4.96. The molecule has 0 aliphatic rings. The summed E-state index contributed by atoms with van der Waals surface area (Å²) >= 11 is 0. The number of hydrogen-bond donors (Lipinski definition) is 8. The smallest absolute Gasteiger partial charge is 0.744 e. The Kier molecular flexibility index (Phi) is 19.3. The molecule has 6 aromatic rings. The van der Waals surface area contributed by atoms with Crippen LogP contribution in [0.15, 0.2) is 89.8 Å². The molecule has 0 unspecified atom stereocenters. The van der Waals surface area contributed by atoms with Crippen molar-refractivity contribution in [3.05, 3.63) is 113 Å². The van der Waals surface area contributed by atoms with E-state index in [1.54, 1.807) is 93.1 Å². The van der Waals surface area contributed by atoms with Gasteiger partial charge < -0.3 is 57.4 Å². The van der Waals surface area contributed by atoms with Crippen LogP contribution in [0.3, 0.4) is 0 Å². The Morgan fingerprint density at radius 1 is 0.609 bits per heavy atom. The van der Waals surface area contributed by atoms with Crippen molar-refractivity contribution in [2.45, 2.75) is 4.90 Å². The standard InChI is InChI=1S/C40H41N14O7S.2Na/c1-60-21-19-43-35-49-37(53-38(50-35)46-29-14-8-26(9-15-29)33(41)55)45-28-12-4-24(5-13-28)3-6-25-7-18-31(23-32(25)62(57,58)59)48-40-52-36(44-20-22-61-2)51-39(54-40)47-30-16-10-27(11-17-30)34(42)56;;/h3-4,6-18,23H,19-22H2,1-2H3,(H2,41,55)(H2,42,56)(H,57,58,59)(H3,43,45,46,49,50,53)(H3,44,47,48,51,52,54);;/q-1;2*+1/p-1/b6-3+;;. The normalized spacial score (nSPS) is 10.9. The fourth-order valence-electron chi connectivity index (χ4n) is 5.38. The molecule has 0 saturated heterocycles. The predicted molar refractivity (Wildman–Crippen MR) is 232 cm³/mol. The van der Waals surface area contributed by atoms with Crippen molar-refractivity contribution in [3.8, 4) is 0 Å². The van der Waals surface area contributed by atoms with Gasteiger partial charge in [0.15, 0.2) is 0 Å². The molecule has 2 aromatic heterocycles. The van der Waals surface area contributed by atoms with Crippen molar-refractivity contribution in [2.75, 3.05) is 72.4 Å². The van der Waals surface area contributed by atoms with Crippen molar-refractivity contribution in [1.29, 1.82) is 0 Å². The van der Waals surface area contributed by atoms with E-state index >= 15 is 0 Å². The van der Waals surface area contributed by atoms with Crippen LogP contribution in [0.1, 0.15) is 31.8 Å². The van der Waals surface area contributed by atoms with Gasteiger partial charge in [0.25, 0.3) is 0 Å². The number of benzene rings is 4. The summed E-state index contributed by atoms with van der Waals surface area (Å²) in [4.78, 5) is 48.9. The van der Waals surface area contributed by atoms with E-state index in [2.05, 4.69) is 67.9 Å². The van der Waals surface area contributed by atoms with Gasteiger partial charge >= 0.3 is 59.1 Å². The zero-order valence-electron chi connectivity index (χ0n) is 35.2. The van der Waals surface area contributed by atoms with Gasteiger partial charge in [0.05, 0.1) is 18.1 Å². The molecule has 24 heteroatoms. The second-order valence-electron chi connectivity index (χ2n) is 12.9. The molecule has 21 nitrogen and oxygen atoms in total. The van der Waals surface area contributed by atoms with Gasteiger partial charge in [-0.3, -0.25) is 9.59 Å². The third kappa shape index (κ3) is 15.2. The fourth-order valence-corrected chi connectivity index (χ4v) is 6.08. The number of amides is 2. The van der Waals surface area contributed by atoms with Gasteiger partial charge in [-0.1, -0.05) is 12.1 Å². The van der Waals surface area contributed by atoms with E-state index in [9.17, 15) is 22.6 Å². The number of nitrogens with zero attached hydrogens (tertiary/aromatic N) is 6. The Bertz CT molecular complexity index is 2660. The van der Waals surface area contributed by atoms with Crippen LogP contribution in [-0.4, -0.2) is 95.2 Å². The van der Waals surface area contributed by atoms with Gasteiger partial charge in [0.1, 0.15) is 10.1 Å². The van der Waals surface area contributed by atoms with E-state index in [1.807, 2.05) is 0 Å². The van der Waals surface area contributed by atoms with Gasteiger partial charge in [-0.25, -0.2) is 8.42 Å². The molecular weight excluding hydrogens is 867 g/mol. The van der Waals surface area contributed by atoms with E-state index in [1.165, 1.54) is 18.2 Å². The molecule has 0 bridgehead atoms. The summed E-state index contributed by atoms with van der Waals surface area (Å²) in [6.45, 7) is 1.57. The van der Waals surface area contributed by atoms with Gasteiger partial charge in [-0.15, -0.1) is 30.3 Å². The van der Waals surface area contributed by atoms with Gasteiger partial charge in [-0.05, 0) is 71.9 Å². The minimum Gasteiger partial charge on any atom is -0.744 e. The molecule has 0 aliphatic carbocycles. The number of aromatic nitrogens is 6. The maximum absolute atomic E-state index is 12.5. The first-order chi connectivity index (χ1) is 29.8. The first kappa shape index (κ1) is 50.9. The molecule has 10 N–H and O–H groups in total. The summed E-state index contributed by atoms with van der Waals surface area (Å²) in [6.07, 6.45) is 3.09. The average molecular weight is 907 g/mol. The van der Waals surface area contributed by atoms with Crippen LogP contribution in [0, 0.1) is 6.07 Å². The number of carbonyl (C=O) groups is 2. The topological polar surface area (TPSA) is 311 Å². The van der Waals surface area contributed by atoms with Crippen molar-refractivity contribution >= 4 is 92.5 Å². The summed E-state index contributed by atoms with van der Waals surface area (Å²) in [5.41, 5.74) is 14.0. The number of ether oxygens (including phenoxy) is 2. The summed E-state index contributed by atoms with van der Waals surface area (Å²) in [7, 11) is -1.84. The quantitative estimate of drug-likeness (QED) is 0.0130. The van der Waals surface area contributed by atoms with Crippen LogP contribution in [0.5, 0.6) is 0 Å². The Morgan fingerprint density at radius 3 is 1.42 bits per heavy atom. The molecule has 2 heterocycles. The van der Waals surface area contributed by atoms with Crippen LogP contribution in [0.25, 0.3) is 12.2 Å². The molecule has 6 rings (SSSR count). The summed E-state index contributed by atoms with van der Waals surface area (Å²) in [5, 5.41) is 18.3. The summed E-state index contributed by atoms with van der Waals surface area (Å²) in [6, 6.07) is 25.2. The van der Waals surface area contributed by atoms with Crippen LogP contribution < -0.4 is 102 Å². The van der Waals surface area contributed by atoms with Gasteiger partial charge in [0.2, 0.25) is 47.5 Å². The monoisotopic (exact) mass is 906 g/mol. The van der Waals surface area contributed by atoms with Gasteiger partial charge in [0, 0.05) is 55.5 Å². The number of anilines is 10. The summed E-state index contributed by atoms with van der Waals surface area (Å²) in [5.74, 6) is -0.136. The number of hydrogen-bond acceptors (Lipinski definition) is 19. The molecule has 0 fully saturated rings. The predicted octanol–water partition coefficient (Wildman–Crippen LogP) is -1.77. The molecule has 0 saturated carbocycles. The molecule has 0 radical (unpaired) electrons. The average Bonchev–Trinajstić information content (AvgIpc) is 3.24. The first-order valence-electron chi connectivity index (χ1n) is 18.5. The third-order valence-electron chi connectivity index (χ3n) is 8.37. The summed E-state index contributed by atoms with van der Waals surface area (Å²) < 4.78 is 47.7. The molecule has 320 valence electrons. The van der Waals surface area contributed by atoms with Crippen LogP contribution in [0.4, 0.5) is 58.4 Å². The molecule has 2 amide bonds. The zero-order valence-corrected chi connectivity index (χ0v) is 40.0. The van der Waals surface area contributed by atoms with Gasteiger partial charge in [-0.2, -0.15) is 35.5 Å². The molecule has 0 spiro atoms. The van der Waals surface area contributed by atoms with E-state index in [0.717, 1.165) is 0 Å². The zero-order chi connectivity index (χ0) is 44.1. The number of nitrogens with one attached hydrogen (secondary N) is 6. The van der Waals surface area contributed by atoms with Crippen LogP contribution >= 0.6 is 0 Å². The fraction of sp³-hybridized carbons (Fsp3) is 0.150. The second kappa shape index (κ2) is 24.3. The maximum Gasteiger partial charge on any atom is 1.00 e. The Hall–Kier alpha value is -5.79.